The number of aromatic nitrogens is 2. The smallest absolute Gasteiger partial charge is 0.229 e. The number of benzene rings is 2. The van der Waals surface area contributed by atoms with E-state index >= 15 is 0 Å². The van der Waals surface area contributed by atoms with E-state index < -0.39 is 5.92 Å². The molecule has 1 aromatic heterocycles. The molecule has 28 heavy (non-hydrogen) atoms. The van der Waals surface area contributed by atoms with Crippen LogP contribution >= 0.6 is 15.9 Å². The van der Waals surface area contributed by atoms with Gasteiger partial charge < -0.3 is 10.2 Å². The van der Waals surface area contributed by atoms with Crippen molar-refractivity contribution >= 4 is 39.1 Å². The van der Waals surface area contributed by atoms with Crippen molar-refractivity contribution in [1.82, 2.24) is 9.78 Å². The van der Waals surface area contributed by atoms with E-state index in [4.69, 9.17) is 0 Å². The molecular weight excluding hydrogens is 420 g/mol. The molecular formula is C21H19BrN4O2. The first-order chi connectivity index (χ1) is 13.6. The Hall–Kier alpha value is -2.93. The summed E-state index contributed by atoms with van der Waals surface area (Å²) in [7, 11) is 0. The normalized spacial score (nSPS) is 16.4. The fourth-order valence-electron chi connectivity index (χ4n) is 3.37. The molecule has 2 aromatic carbocycles. The summed E-state index contributed by atoms with van der Waals surface area (Å²) in [5, 5.41) is 7.22. The summed E-state index contributed by atoms with van der Waals surface area (Å²) in [6.07, 6.45) is 3.81. The summed E-state index contributed by atoms with van der Waals surface area (Å²) in [5.74, 6) is -0.579. The highest BCUT2D eigenvalue weighted by atomic mass is 79.9. The minimum Gasteiger partial charge on any atom is -0.325 e. The van der Waals surface area contributed by atoms with Gasteiger partial charge in [0.05, 0.1) is 18.2 Å². The zero-order valence-electron chi connectivity index (χ0n) is 15.1. The Morgan fingerprint density at radius 2 is 1.93 bits per heavy atom. The van der Waals surface area contributed by atoms with Gasteiger partial charge in [-0.05, 0) is 45.8 Å². The van der Waals surface area contributed by atoms with Crippen molar-refractivity contribution in [3.63, 3.8) is 0 Å². The van der Waals surface area contributed by atoms with Crippen molar-refractivity contribution in [2.45, 2.75) is 13.0 Å². The SMILES string of the molecule is O=C(Nc1ccccc1Cn1cccn1)C1CC(=O)N(c2ccccc2Br)C1. The fraction of sp³-hybridized carbons (Fsp3) is 0.190. The Balaban J connectivity index is 1.48. The minimum atomic E-state index is -0.391. The third-order valence-electron chi connectivity index (χ3n) is 4.81. The van der Waals surface area contributed by atoms with Gasteiger partial charge in [0.2, 0.25) is 11.8 Å². The number of para-hydroxylation sites is 2. The van der Waals surface area contributed by atoms with Gasteiger partial charge in [-0.25, -0.2) is 0 Å². The van der Waals surface area contributed by atoms with Gasteiger partial charge in [0.25, 0.3) is 0 Å². The molecule has 1 saturated heterocycles. The maximum absolute atomic E-state index is 12.9. The highest BCUT2D eigenvalue weighted by Crippen LogP contribution is 2.31. The quantitative estimate of drug-likeness (QED) is 0.660. The molecule has 142 valence electrons. The molecule has 6 nitrogen and oxygen atoms in total. The average molecular weight is 439 g/mol. The largest absolute Gasteiger partial charge is 0.325 e. The van der Waals surface area contributed by atoms with Gasteiger partial charge in [0.15, 0.2) is 0 Å². The van der Waals surface area contributed by atoms with E-state index in [1.807, 2.05) is 60.8 Å². The summed E-state index contributed by atoms with van der Waals surface area (Å²) in [6.45, 7) is 0.935. The molecule has 0 bridgehead atoms. The van der Waals surface area contributed by atoms with E-state index in [0.717, 1.165) is 21.4 Å². The molecule has 1 N–H and O–H groups in total. The summed E-state index contributed by atoms with van der Waals surface area (Å²) in [5.41, 5.74) is 2.50. The predicted molar refractivity (Wildman–Crippen MR) is 111 cm³/mol. The lowest BCUT2D eigenvalue weighted by atomic mass is 10.1. The second-order valence-corrected chi connectivity index (χ2v) is 7.56. The van der Waals surface area contributed by atoms with Crippen LogP contribution in [-0.4, -0.2) is 28.1 Å². The summed E-state index contributed by atoms with van der Waals surface area (Å²) in [4.78, 5) is 27.0. The Kier molecular flexibility index (Phi) is 5.25. The highest BCUT2D eigenvalue weighted by Gasteiger charge is 2.36. The van der Waals surface area contributed by atoms with Crippen molar-refractivity contribution in [2.24, 2.45) is 5.92 Å². The third-order valence-corrected chi connectivity index (χ3v) is 5.48. The number of nitrogens with zero attached hydrogens (tertiary/aromatic N) is 3. The number of carbonyl (C=O) groups is 2. The van der Waals surface area contributed by atoms with Crippen LogP contribution in [0.15, 0.2) is 71.5 Å². The molecule has 0 radical (unpaired) electrons. The number of halogens is 1. The van der Waals surface area contributed by atoms with Gasteiger partial charge in [-0.2, -0.15) is 5.10 Å². The zero-order valence-corrected chi connectivity index (χ0v) is 16.7. The zero-order chi connectivity index (χ0) is 19.5. The number of hydrogen-bond donors (Lipinski definition) is 1. The summed E-state index contributed by atoms with van der Waals surface area (Å²) < 4.78 is 2.65. The lowest BCUT2D eigenvalue weighted by Gasteiger charge is -2.18. The first-order valence-corrected chi connectivity index (χ1v) is 9.82. The van der Waals surface area contributed by atoms with Crippen LogP contribution in [0.5, 0.6) is 0 Å². The summed E-state index contributed by atoms with van der Waals surface area (Å²) >= 11 is 3.48. The Morgan fingerprint density at radius 1 is 1.14 bits per heavy atom. The number of anilines is 2. The Morgan fingerprint density at radius 3 is 2.71 bits per heavy atom. The van der Waals surface area contributed by atoms with Crippen LogP contribution in [0.4, 0.5) is 11.4 Å². The number of carbonyl (C=O) groups excluding carboxylic acids is 2. The second-order valence-electron chi connectivity index (χ2n) is 6.71. The van der Waals surface area contributed by atoms with Crippen molar-refractivity contribution in [3.8, 4) is 0 Å². The predicted octanol–water partition coefficient (Wildman–Crippen LogP) is 3.69. The van der Waals surface area contributed by atoms with Gasteiger partial charge in [0.1, 0.15) is 0 Å². The fourth-order valence-corrected chi connectivity index (χ4v) is 3.87. The topological polar surface area (TPSA) is 67.2 Å². The van der Waals surface area contributed by atoms with Crippen molar-refractivity contribution in [2.75, 3.05) is 16.8 Å². The number of hydrogen-bond acceptors (Lipinski definition) is 3. The van der Waals surface area contributed by atoms with Crippen molar-refractivity contribution in [3.05, 3.63) is 77.0 Å². The third kappa shape index (κ3) is 3.84. The van der Waals surface area contributed by atoms with Crippen LogP contribution in [0, 0.1) is 5.92 Å². The number of nitrogens with one attached hydrogen (secondary N) is 1. The van der Waals surface area contributed by atoms with Gasteiger partial charge in [-0.15, -0.1) is 0 Å². The van der Waals surface area contributed by atoms with E-state index in [1.165, 1.54) is 0 Å². The molecule has 0 aliphatic carbocycles. The molecule has 1 fully saturated rings. The van der Waals surface area contributed by atoms with Gasteiger partial charge in [-0.3, -0.25) is 14.3 Å². The molecule has 1 aliphatic rings. The van der Waals surface area contributed by atoms with E-state index in [9.17, 15) is 9.59 Å². The van der Waals surface area contributed by atoms with Crippen LogP contribution in [0.2, 0.25) is 0 Å². The van der Waals surface area contributed by atoms with Crippen LogP contribution in [-0.2, 0) is 16.1 Å². The molecule has 4 rings (SSSR count). The Bertz CT molecular complexity index is 1000. The van der Waals surface area contributed by atoms with Crippen molar-refractivity contribution < 1.29 is 9.59 Å². The molecule has 1 unspecified atom stereocenters. The first-order valence-electron chi connectivity index (χ1n) is 9.03. The molecule has 2 heterocycles. The van der Waals surface area contributed by atoms with Gasteiger partial charge >= 0.3 is 0 Å². The minimum absolute atomic E-state index is 0.0446. The van der Waals surface area contributed by atoms with Crippen LogP contribution in [0.1, 0.15) is 12.0 Å². The molecule has 1 atom stereocenters. The molecule has 7 heteroatoms. The van der Waals surface area contributed by atoms with Crippen LogP contribution in [0.3, 0.4) is 0 Å². The van der Waals surface area contributed by atoms with E-state index in [2.05, 4.69) is 26.3 Å². The highest BCUT2D eigenvalue weighted by molar-refractivity contribution is 9.10. The maximum Gasteiger partial charge on any atom is 0.229 e. The molecule has 0 spiro atoms. The lowest BCUT2D eigenvalue weighted by Crippen LogP contribution is -2.28. The van der Waals surface area contributed by atoms with E-state index in [1.54, 1.807) is 15.8 Å². The second kappa shape index (κ2) is 7.98. The van der Waals surface area contributed by atoms with E-state index in [0.29, 0.717) is 13.1 Å². The first kappa shape index (κ1) is 18.4. The molecule has 0 saturated carbocycles. The maximum atomic E-state index is 12.9. The monoisotopic (exact) mass is 438 g/mol. The van der Waals surface area contributed by atoms with Gasteiger partial charge in [-0.1, -0.05) is 30.3 Å². The van der Waals surface area contributed by atoms with Crippen molar-refractivity contribution in [1.29, 1.82) is 0 Å². The van der Waals surface area contributed by atoms with Crippen LogP contribution in [0.25, 0.3) is 0 Å². The number of amides is 2. The average Bonchev–Trinajstić information content (AvgIpc) is 3.33. The lowest BCUT2D eigenvalue weighted by molar-refractivity contribution is -0.122. The summed E-state index contributed by atoms with van der Waals surface area (Å²) in [6, 6.07) is 17.1. The van der Waals surface area contributed by atoms with E-state index in [-0.39, 0.29) is 18.2 Å². The molecule has 1 aliphatic heterocycles. The van der Waals surface area contributed by atoms with Gasteiger partial charge in [0, 0.05) is 35.5 Å². The standard InChI is InChI=1S/C21H19BrN4O2/c22-17-7-2-4-9-19(17)26-14-16(12-20(26)27)21(28)24-18-8-3-1-6-15(18)13-25-11-5-10-23-25/h1-11,16H,12-14H2,(H,24,28). The molecule has 3 aromatic rings. The number of rotatable bonds is 5. The molecule has 2 amide bonds. The van der Waals surface area contributed by atoms with Crippen LogP contribution < -0.4 is 10.2 Å². The Labute approximate surface area is 171 Å².